The molecule has 8 nitrogen and oxygen atoms in total. The van der Waals surface area contributed by atoms with Crippen LogP contribution in [0.3, 0.4) is 0 Å². The molecule has 0 aliphatic carbocycles. The molecule has 2 aliphatic rings. The predicted molar refractivity (Wildman–Crippen MR) is 114 cm³/mol. The number of carboxylic acid groups (broad SMARTS) is 1. The summed E-state index contributed by atoms with van der Waals surface area (Å²) < 4.78 is 30.1. The summed E-state index contributed by atoms with van der Waals surface area (Å²) in [6, 6.07) is 7.77. The van der Waals surface area contributed by atoms with Gasteiger partial charge in [0.15, 0.2) is 0 Å². The molecule has 1 fully saturated rings. The van der Waals surface area contributed by atoms with Gasteiger partial charge in [0.1, 0.15) is 0 Å². The summed E-state index contributed by atoms with van der Waals surface area (Å²) in [5.74, 6) is -3.21. The minimum Gasteiger partial charge on any atom is -0.481 e. The first kappa shape index (κ1) is 21.5. The van der Waals surface area contributed by atoms with Crippen LogP contribution in [-0.2, 0) is 21.4 Å². The number of aliphatic carboxylic acids is 1. The molecular formula is C22H24N2O6S. The van der Waals surface area contributed by atoms with E-state index < -0.39 is 46.5 Å². The number of hydrogen-bond acceptors (Lipinski definition) is 5. The fourth-order valence-corrected chi connectivity index (χ4v) is 7.02. The minimum absolute atomic E-state index is 0.0177. The van der Waals surface area contributed by atoms with Crippen LogP contribution in [0.4, 0.5) is 0 Å². The molecule has 2 aliphatic heterocycles. The number of allylic oxidation sites excluding steroid dienone is 1. The smallest absolute Gasteiger partial charge is 0.308 e. The Kier molecular flexibility index (Phi) is 5.36. The third-order valence-corrected chi connectivity index (χ3v) is 8.36. The molecule has 4 rings (SSSR count). The van der Waals surface area contributed by atoms with Crippen molar-refractivity contribution in [2.75, 3.05) is 6.61 Å². The van der Waals surface area contributed by atoms with Crippen molar-refractivity contribution in [2.24, 2.45) is 11.8 Å². The lowest BCUT2D eigenvalue weighted by atomic mass is 9.87. The molecule has 0 saturated carbocycles. The number of benzene rings is 1. The van der Waals surface area contributed by atoms with Gasteiger partial charge in [-0.05, 0) is 37.6 Å². The van der Waals surface area contributed by atoms with E-state index in [9.17, 15) is 28.2 Å². The molecule has 2 bridgehead atoms. The van der Waals surface area contributed by atoms with E-state index in [0.717, 1.165) is 0 Å². The molecule has 4 atom stereocenters. The first-order valence-electron chi connectivity index (χ1n) is 10.0. The van der Waals surface area contributed by atoms with Crippen molar-refractivity contribution in [1.82, 2.24) is 8.87 Å². The van der Waals surface area contributed by atoms with Crippen LogP contribution in [0.1, 0.15) is 29.8 Å². The van der Waals surface area contributed by atoms with Crippen LogP contribution >= 0.6 is 0 Å². The molecule has 1 aromatic heterocycles. The second-order valence-electron chi connectivity index (χ2n) is 7.95. The lowest BCUT2D eigenvalue weighted by Crippen LogP contribution is -2.49. The minimum atomic E-state index is -4.08. The zero-order chi connectivity index (χ0) is 22.5. The van der Waals surface area contributed by atoms with Gasteiger partial charge in [0.2, 0.25) is 10.0 Å². The van der Waals surface area contributed by atoms with E-state index in [1.165, 1.54) is 14.9 Å². The Bertz CT molecular complexity index is 1230. The van der Waals surface area contributed by atoms with Crippen LogP contribution in [0.2, 0.25) is 0 Å². The van der Waals surface area contributed by atoms with Crippen LogP contribution < -0.4 is 5.56 Å². The standard InChI is InChI=1S/C22H24N2O6S/c1-3-6-14-9-10-16-20-19(22(27)28)15(12-25)17(11-23(16)21(14)26)24(20)31(29,30)18-8-5-4-7-13(18)2/h3-10,15,17,19-20,25H,11-12H2,1-2H3,(H,27,28)/b6-3-/t15-,17-,19+,20+/m0/s1. The summed E-state index contributed by atoms with van der Waals surface area (Å²) in [5.41, 5.74) is 1.00. The Balaban J connectivity index is 1.97. The number of carboxylic acids is 1. The predicted octanol–water partition coefficient (Wildman–Crippen LogP) is 1.63. The second kappa shape index (κ2) is 7.74. The summed E-state index contributed by atoms with van der Waals surface area (Å²) >= 11 is 0. The van der Waals surface area contributed by atoms with Gasteiger partial charge >= 0.3 is 5.97 Å². The summed E-state index contributed by atoms with van der Waals surface area (Å²) in [7, 11) is -4.08. The van der Waals surface area contributed by atoms with Gasteiger partial charge in [0.05, 0.1) is 16.9 Å². The number of aliphatic hydroxyl groups excluding tert-OH is 1. The topological polar surface area (TPSA) is 117 Å². The number of aromatic nitrogens is 1. The molecule has 2 aromatic rings. The lowest BCUT2D eigenvalue weighted by Gasteiger charge is -2.37. The van der Waals surface area contributed by atoms with Crippen molar-refractivity contribution >= 4 is 22.1 Å². The van der Waals surface area contributed by atoms with Gasteiger partial charge in [0, 0.05) is 36.4 Å². The van der Waals surface area contributed by atoms with Gasteiger partial charge in [-0.2, -0.15) is 4.31 Å². The fourth-order valence-electron chi connectivity index (χ4n) is 4.95. The number of fused-ring (bicyclic) bond motifs is 4. The summed E-state index contributed by atoms with van der Waals surface area (Å²) in [5, 5.41) is 20.0. The molecule has 9 heteroatoms. The monoisotopic (exact) mass is 444 g/mol. The van der Waals surface area contributed by atoms with Crippen molar-refractivity contribution in [3.05, 3.63) is 69.6 Å². The number of nitrogens with zero attached hydrogens (tertiary/aromatic N) is 2. The lowest BCUT2D eigenvalue weighted by molar-refractivity contribution is -0.144. The summed E-state index contributed by atoms with van der Waals surface area (Å²) in [6.07, 6.45) is 3.39. The first-order chi connectivity index (χ1) is 14.7. The number of carbonyl (C=O) groups is 1. The molecule has 0 unspecified atom stereocenters. The largest absolute Gasteiger partial charge is 0.481 e. The highest BCUT2D eigenvalue weighted by Crippen LogP contribution is 2.51. The van der Waals surface area contributed by atoms with Crippen LogP contribution in [0.15, 0.2) is 52.2 Å². The Morgan fingerprint density at radius 1 is 1.23 bits per heavy atom. The summed E-state index contributed by atoms with van der Waals surface area (Å²) in [4.78, 5) is 25.3. The van der Waals surface area contributed by atoms with Gasteiger partial charge in [0.25, 0.3) is 5.56 Å². The number of aryl methyl sites for hydroxylation is 1. The zero-order valence-corrected chi connectivity index (χ0v) is 18.0. The number of sulfonamides is 1. The van der Waals surface area contributed by atoms with Crippen LogP contribution in [-0.4, -0.2) is 46.1 Å². The number of pyridine rings is 1. The maximum Gasteiger partial charge on any atom is 0.308 e. The third-order valence-electron chi connectivity index (χ3n) is 6.30. The molecule has 2 N–H and O–H groups in total. The summed E-state index contributed by atoms with van der Waals surface area (Å²) in [6.45, 7) is 2.95. The van der Waals surface area contributed by atoms with Gasteiger partial charge in [-0.25, -0.2) is 8.42 Å². The Hall–Kier alpha value is -2.75. The van der Waals surface area contributed by atoms with Crippen molar-refractivity contribution in [3.8, 4) is 0 Å². The van der Waals surface area contributed by atoms with Gasteiger partial charge in [-0.15, -0.1) is 0 Å². The highest BCUT2D eigenvalue weighted by molar-refractivity contribution is 7.89. The quantitative estimate of drug-likeness (QED) is 0.724. The van der Waals surface area contributed by atoms with Gasteiger partial charge < -0.3 is 14.8 Å². The average molecular weight is 445 g/mol. The normalized spacial score (nSPS) is 25.6. The molecule has 1 aromatic carbocycles. The van der Waals surface area contributed by atoms with E-state index in [2.05, 4.69) is 0 Å². The second-order valence-corrected chi connectivity index (χ2v) is 9.76. The van der Waals surface area contributed by atoms with E-state index in [0.29, 0.717) is 16.8 Å². The molecular weight excluding hydrogens is 420 g/mol. The maximum atomic E-state index is 13.7. The van der Waals surface area contributed by atoms with Crippen molar-refractivity contribution in [2.45, 2.75) is 37.4 Å². The van der Waals surface area contributed by atoms with E-state index in [1.807, 2.05) is 0 Å². The van der Waals surface area contributed by atoms with Gasteiger partial charge in [-0.3, -0.25) is 9.59 Å². The van der Waals surface area contributed by atoms with E-state index in [4.69, 9.17) is 0 Å². The molecule has 164 valence electrons. The maximum absolute atomic E-state index is 13.7. The number of aliphatic hydroxyl groups is 1. The Labute approximate surface area is 180 Å². The molecule has 0 spiro atoms. The molecule has 3 heterocycles. The third kappa shape index (κ3) is 3.15. The zero-order valence-electron chi connectivity index (χ0n) is 17.2. The molecule has 0 radical (unpaired) electrons. The van der Waals surface area contributed by atoms with Gasteiger partial charge in [-0.1, -0.05) is 30.4 Å². The van der Waals surface area contributed by atoms with E-state index in [1.54, 1.807) is 56.3 Å². The Morgan fingerprint density at radius 2 is 1.94 bits per heavy atom. The number of hydrogen-bond donors (Lipinski definition) is 2. The van der Waals surface area contributed by atoms with Crippen molar-refractivity contribution in [1.29, 1.82) is 0 Å². The molecule has 0 amide bonds. The van der Waals surface area contributed by atoms with Crippen LogP contribution in [0.25, 0.3) is 6.08 Å². The highest BCUT2D eigenvalue weighted by atomic mass is 32.2. The number of rotatable bonds is 5. The SMILES string of the molecule is C/C=C\c1ccc2n(c1=O)C[C@H]1[C@H](CO)[C@@H](C(=O)O)[C@@H]2N1S(=O)(=O)c1ccccc1C. The highest BCUT2D eigenvalue weighted by Gasteiger charge is 2.60. The van der Waals surface area contributed by atoms with Crippen LogP contribution in [0.5, 0.6) is 0 Å². The average Bonchev–Trinajstić information content (AvgIpc) is 2.99. The van der Waals surface area contributed by atoms with Crippen molar-refractivity contribution in [3.63, 3.8) is 0 Å². The molecule has 1 saturated heterocycles. The first-order valence-corrected chi connectivity index (χ1v) is 11.5. The van der Waals surface area contributed by atoms with E-state index in [-0.39, 0.29) is 17.0 Å². The van der Waals surface area contributed by atoms with Crippen LogP contribution in [0, 0.1) is 18.8 Å². The fraction of sp³-hybridized carbons (Fsp3) is 0.364. The van der Waals surface area contributed by atoms with Crippen molar-refractivity contribution < 1.29 is 23.4 Å². The van der Waals surface area contributed by atoms with E-state index >= 15 is 0 Å². The Morgan fingerprint density at radius 3 is 2.55 bits per heavy atom. The molecule has 31 heavy (non-hydrogen) atoms.